The molecule has 3 aromatic carbocycles. The van der Waals surface area contributed by atoms with E-state index in [4.69, 9.17) is 0 Å². The molecule has 0 saturated carbocycles. The van der Waals surface area contributed by atoms with Crippen molar-refractivity contribution in [2.45, 2.75) is 63.3 Å². The van der Waals surface area contributed by atoms with Crippen LogP contribution >= 0.6 is 11.3 Å². The van der Waals surface area contributed by atoms with Crippen LogP contribution in [0.25, 0.3) is 11.1 Å². The minimum absolute atomic E-state index is 0.0664. The third kappa shape index (κ3) is 7.67. The van der Waals surface area contributed by atoms with E-state index in [0.29, 0.717) is 66.7 Å². The van der Waals surface area contributed by atoms with Crippen molar-refractivity contribution in [3.05, 3.63) is 118 Å². The maximum atomic E-state index is 16.0. The van der Waals surface area contributed by atoms with Crippen molar-refractivity contribution < 1.29 is 41.9 Å². The Morgan fingerprint density at radius 2 is 1.65 bits per heavy atom. The van der Waals surface area contributed by atoms with Crippen LogP contribution in [0, 0.1) is 5.82 Å². The molecule has 2 aromatic heterocycles. The van der Waals surface area contributed by atoms with Gasteiger partial charge in [-0.2, -0.15) is 5.01 Å². The van der Waals surface area contributed by atoms with E-state index in [0.717, 1.165) is 34.4 Å². The molecule has 0 radical (unpaired) electrons. The van der Waals surface area contributed by atoms with Gasteiger partial charge in [-0.25, -0.2) is 32.9 Å². The number of hydrogen-bond donors (Lipinski definition) is 2. The van der Waals surface area contributed by atoms with Crippen LogP contribution in [0.2, 0.25) is 0 Å². The monoisotopic (exact) mass is 947 g/mol. The standard InChI is InChI=1S/C47H44F3N11O6S/c48-35-22-29(21-33-34(35)24-59(42(33)64)40(41(63)54-45-51-11-19-68-45)39-36-2-1-12-58(36)26-52-39)28-4-6-30(7-5-28)56-15-17-57(18-16-56)37-9-13-55(25-47(37,49)50)23-27-3-8-31-32(20-27)44(66)61(43(31)65)60-14-10-38(62)53-46(60)67/h3-8,11,19-22,26,37,40H,1-2,9-10,12-18,23-25H2,(H,51,54,63)(H,53,62,67). The fourth-order valence-corrected chi connectivity index (χ4v) is 11.0. The number of anilines is 2. The highest BCUT2D eigenvalue weighted by atomic mass is 32.1. The second kappa shape index (κ2) is 17.0. The molecule has 3 saturated heterocycles. The smallest absolute Gasteiger partial charge is 0.343 e. The fourth-order valence-electron chi connectivity index (χ4n) is 10.5. The number of aromatic nitrogens is 3. The first kappa shape index (κ1) is 43.6. The molecule has 3 fully saturated rings. The molecule has 0 bridgehead atoms. The van der Waals surface area contributed by atoms with Gasteiger partial charge in [0.05, 0.1) is 48.8 Å². The Morgan fingerprint density at radius 3 is 2.40 bits per heavy atom. The number of thiazole rings is 1. The van der Waals surface area contributed by atoms with Gasteiger partial charge < -0.3 is 14.4 Å². The lowest BCUT2D eigenvalue weighted by molar-refractivity contribution is -0.129. The van der Waals surface area contributed by atoms with E-state index < -0.39 is 65.9 Å². The molecule has 0 aliphatic carbocycles. The molecule has 8 heterocycles. The number of rotatable bonds is 10. The highest BCUT2D eigenvalue weighted by molar-refractivity contribution is 7.13. The van der Waals surface area contributed by atoms with Crippen LogP contribution in [0.5, 0.6) is 0 Å². The SMILES string of the molecule is O=C1CCN(N2C(=O)c3ccc(CN4CCC(N5CCN(c6ccc(-c7cc(F)c8c(c7)C(=O)N(C(C(=O)Nc7nccs7)c7ncn9c7CCC9)C8)cc6)CC5)C(F)(F)C4)cc3C2=O)C(=O)N1. The Kier molecular flexibility index (Phi) is 10.9. The molecular weight excluding hydrogens is 904 g/mol. The summed E-state index contributed by atoms with van der Waals surface area (Å²) in [7, 11) is 0. The van der Waals surface area contributed by atoms with Crippen LogP contribution in [0.15, 0.2) is 72.5 Å². The number of hydrogen-bond acceptors (Lipinski definition) is 12. The van der Waals surface area contributed by atoms with Gasteiger partial charge in [-0.15, -0.1) is 11.3 Å². The highest BCUT2D eigenvalue weighted by Gasteiger charge is 2.49. The number of halogens is 3. The van der Waals surface area contributed by atoms with E-state index in [1.165, 1.54) is 34.4 Å². The number of fused-ring (bicyclic) bond motifs is 3. The van der Waals surface area contributed by atoms with Crippen molar-refractivity contribution in [1.29, 1.82) is 0 Å². The molecule has 5 aromatic rings. The largest absolute Gasteiger partial charge is 0.369 e. The number of carbonyl (C=O) groups excluding carboxylic acids is 6. The number of piperazine rings is 1. The van der Waals surface area contributed by atoms with Gasteiger partial charge in [0.2, 0.25) is 5.91 Å². The molecule has 17 nitrogen and oxygen atoms in total. The summed E-state index contributed by atoms with van der Waals surface area (Å²) in [6, 6.07) is 12.3. The van der Waals surface area contributed by atoms with Crippen molar-refractivity contribution in [2.75, 3.05) is 56.0 Å². The Bertz CT molecular complexity index is 2900. The number of nitrogens with zero attached hydrogens (tertiary/aromatic N) is 9. The number of imidazole rings is 1. The quantitative estimate of drug-likeness (QED) is 0.182. The first-order valence-electron chi connectivity index (χ1n) is 22.5. The van der Waals surface area contributed by atoms with Gasteiger partial charge in [0.25, 0.3) is 29.6 Å². The molecule has 2 unspecified atom stereocenters. The molecular formula is C47H44F3N11O6S. The van der Waals surface area contributed by atoms with Gasteiger partial charge in [0.15, 0.2) is 11.2 Å². The third-order valence-corrected chi connectivity index (χ3v) is 14.5. The predicted molar refractivity (Wildman–Crippen MR) is 240 cm³/mol. The number of urea groups is 1. The maximum Gasteiger partial charge on any atom is 0.343 e. The number of nitrogens with one attached hydrogen (secondary N) is 2. The number of benzene rings is 3. The minimum atomic E-state index is -3.03. The van der Waals surface area contributed by atoms with Crippen LogP contribution in [0.4, 0.5) is 28.8 Å². The number of amides is 7. The van der Waals surface area contributed by atoms with Crippen LogP contribution in [-0.4, -0.2) is 133 Å². The zero-order chi connectivity index (χ0) is 47.0. The molecule has 11 rings (SSSR count). The second-order valence-electron chi connectivity index (χ2n) is 17.9. The van der Waals surface area contributed by atoms with Crippen LogP contribution < -0.4 is 15.5 Å². The van der Waals surface area contributed by atoms with Crippen LogP contribution in [0.3, 0.4) is 0 Å². The number of aryl methyl sites for hydroxylation is 1. The number of piperidine rings is 1. The normalized spacial score (nSPS) is 21.0. The van der Waals surface area contributed by atoms with Gasteiger partial charge in [-0.1, -0.05) is 18.2 Å². The lowest BCUT2D eigenvalue weighted by Gasteiger charge is -2.46. The maximum absolute atomic E-state index is 16.0. The Balaban J connectivity index is 0.713. The van der Waals surface area contributed by atoms with E-state index in [2.05, 4.69) is 25.5 Å². The van der Waals surface area contributed by atoms with Crippen molar-refractivity contribution >= 4 is 57.7 Å². The average molecular weight is 948 g/mol. The summed E-state index contributed by atoms with van der Waals surface area (Å²) in [6.45, 7) is 2.44. The van der Waals surface area contributed by atoms with Gasteiger partial charge in [0, 0.05) is 86.3 Å². The molecule has 0 spiro atoms. The molecule has 6 aliphatic heterocycles. The van der Waals surface area contributed by atoms with E-state index in [1.807, 2.05) is 33.7 Å². The lowest BCUT2D eigenvalue weighted by Crippen LogP contribution is -2.61. The minimum Gasteiger partial charge on any atom is -0.369 e. The zero-order valence-corrected chi connectivity index (χ0v) is 37.3. The van der Waals surface area contributed by atoms with Crippen molar-refractivity contribution in [1.82, 2.24) is 44.6 Å². The molecule has 21 heteroatoms. The first-order chi connectivity index (χ1) is 32.8. The summed E-state index contributed by atoms with van der Waals surface area (Å²) >= 11 is 1.25. The number of carbonyl (C=O) groups is 6. The highest BCUT2D eigenvalue weighted by Crippen LogP contribution is 2.39. The molecule has 68 heavy (non-hydrogen) atoms. The molecule has 2 atom stereocenters. The molecule has 2 N–H and O–H groups in total. The molecule has 7 amide bonds. The zero-order valence-electron chi connectivity index (χ0n) is 36.5. The van der Waals surface area contributed by atoms with Crippen molar-refractivity contribution in [3.63, 3.8) is 0 Å². The van der Waals surface area contributed by atoms with Gasteiger partial charge in [0.1, 0.15) is 5.82 Å². The van der Waals surface area contributed by atoms with E-state index >= 15 is 13.2 Å². The van der Waals surface area contributed by atoms with Crippen LogP contribution in [0.1, 0.15) is 78.9 Å². The summed E-state index contributed by atoms with van der Waals surface area (Å²) in [5.41, 5.74) is 4.56. The Labute approximate surface area is 391 Å². The van der Waals surface area contributed by atoms with E-state index in [-0.39, 0.29) is 54.7 Å². The van der Waals surface area contributed by atoms with Gasteiger partial charge in [-0.05, 0) is 72.4 Å². The second-order valence-corrected chi connectivity index (χ2v) is 18.8. The number of alkyl halides is 2. The van der Waals surface area contributed by atoms with Crippen molar-refractivity contribution in [3.8, 4) is 11.1 Å². The number of imide groups is 2. The predicted octanol–water partition coefficient (Wildman–Crippen LogP) is 4.91. The summed E-state index contributed by atoms with van der Waals surface area (Å²) in [5, 5.41) is 8.67. The average Bonchev–Trinajstić information content (AvgIpc) is 4.17. The van der Waals surface area contributed by atoms with Crippen molar-refractivity contribution in [2.24, 2.45) is 0 Å². The third-order valence-electron chi connectivity index (χ3n) is 13.9. The summed E-state index contributed by atoms with van der Waals surface area (Å²) < 4.78 is 49.9. The Morgan fingerprint density at radius 1 is 0.853 bits per heavy atom. The first-order valence-corrected chi connectivity index (χ1v) is 23.4. The summed E-state index contributed by atoms with van der Waals surface area (Å²) in [5.74, 6) is -6.44. The number of likely N-dealkylation sites (tertiary alicyclic amines) is 1. The summed E-state index contributed by atoms with van der Waals surface area (Å²) in [6.07, 6.45) is 5.01. The molecule has 6 aliphatic rings. The van der Waals surface area contributed by atoms with Crippen LogP contribution in [-0.2, 0) is 35.6 Å². The van der Waals surface area contributed by atoms with E-state index in [9.17, 15) is 28.8 Å². The topological polar surface area (TPSA) is 177 Å². The lowest BCUT2D eigenvalue weighted by atomic mass is 9.97. The van der Waals surface area contributed by atoms with Gasteiger partial charge in [-0.3, -0.25) is 44.4 Å². The van der Waals surface area contributed by atoms with E-state index in [1.54, 1.807) is 34.9 Å². The Hall–Kier alpha value is -6.97. The fraction of sp³-hybridized carbons (Fsp3) is 0.362. The molecule has 350 valence electrons. The van der Waals surface area contributed by atoms with Gasteiger partial charge >= 0.3 is 6.03 Å². The number of hydrazine groups is 1. The summed E-state index contributed by atoms with van der Waals surface area (Å²) in [4.78, 5) is 94.1.